The Labute approximate surface area is 89.8 Å². The third-order valence-corrected chi connectivity index (χ3v) is 2.05. The lowest BCUT2D eigenvalue weighted by molar-refractivity contribution is 0.910. The third kappa shape index (κ3) is 2.63. The molecule has 0 bridgehead atoms. The van der Waals surface area contributed by atoms with Crippen LogP contribution in [0.15, 0.2) is 12.1 Å². The van der Waals surface area contributed by atoms with Gasteiger partial charge < -0.3 is 0 Å². The van der Waals surface area contributed by atoms with Gasteiger partial charge in [-0.05, 0) is 12.1 Å². The van der Waals surface area contributed by atoms with Gasteiger partial charge in [0, 0.05) is 0 Å². The standard InChI is InChI=1S/C6H4Cl4N2/c7-5(8)3-1-2-4(6(9)10)12-11-3/h1-2,5-6H. The van der Waals surface area contributed by atoms with Crippen LogP contribution in [0.1, 0.15) is 21.1 Å². The normalized spacial score (nSPS) is 11.2. The lowest BCUT2D eigenvalue weighted by atomic mass is 10.4. The largest absolute Gasteiger partial charge is 0.152 e. The molecule has 1 heterocycles. The quantitative estimate of drug-likeness (QED) is 0.747. The van der Waals surface area contributed by atoms with E-state index in [0.717, 1.165) is 0 Å². The highest BCUT2D eigenvalue weighted by atomic mass is 35.5. The van der Waals surface area contributed by atoms with E-state index in [9.17, 15) is 0 Å². The second kappa shape index (κ2) is 4.47. The highest BCUT2D eigenvalue weighted by Gasteiger charge is 2.08. The van der Waals surface area contributed by atoms with Crippen molar-refractivity contribution in [1.29, 1.82) is 0 Å². The fraction of sp³-hybridized carbons (Fsp3) is 0.333. The molecule has 1 aromatic heterocycles. The molecule has 0 aliphatic carbocycles. The van der Waals surface area contributed by atoms with Crippen molar-refractivity contribution >= 4 is 46.4 Å². The Hall–Kier alpha value is 0.240. The molecule has 6 heteroatoms. The van der Waals surface area contributed by atoms with Crippen LogP contribution in [-0.4, -0.2) is 10.2 Å². The van der Waals surface area contributed by atoms with Gasteiger partial charge in [-0.15, -0.1) is 0 Å². The SMILES string of the molecule is ClC(Cl)c1ccc(C(Cl)Cl)nn1. The maximum Gasteiger partial charge on any atom is 0.151 e. The Morgan fingerprint density at radius 3 is 1.33 bits per heavy atom. The van der Waals surface area contributed by atoms with Gasteiger partial charge in [0.25, 0.3) is 0 Å². The topological polar surface area (TPSA) is 25.8 Å². The van der Waals surface area contributed by atoms with Crippen LogP contribution in [0.5, 0.6) is 0 Å². The molecule has 0 spiro atoms. The van der Waals surface area contributed by atoms with Gasteiger partial charge in [-0.25, -0.2) is 0 Å². The molecule has 0 unspecified atom stereocenters. The second-order valence-electron chi connectivity index (χ2n) is 1.98. The number of rotatable bonds is 2. The lowest BCUT2D eigenvalue weighted by Crippen LogP contribution is -1.95. The van der Waals surface area contributed by atoms with E-state index in [1.165, 1.54) is 0 Å². The monoisotopic (exact) mass is 244 g/mol. The fourth-order valence-corrected chi connectivity index (χ4v) is 1.05. The Kier molecular flexibility index (Phi) is 3.84. The van der Waals surface area contributed by atoms with E-state index in [1.54, 1.807) is 12.1 Å². The zero-order valence-corrected chi connectivity index (χ0v) is 8.74. The molecule has 0 saturated carbocycles. The van der Waals surface area contributed by atoms with Crippen molar-refractivity contribution in [3.8, 4) is 0 Å². The van der Waals surface area contributed by atoms with Crippen molar-refractivity contribution in [1.82, 2.24) is 10.2 Å². The maximum absolute atomic E-state index is 5.53. The van der Waals surface area contributed by atoms with Crippen LogP contribution in [0.3, 0.4) is 0 Å². The molecule has 0 atom stereocenters. The highest BCUT2D eigenvalue weighted by Crippen LogP contribution is 2.25. The van der Waals surface area contributed by atoms with Gasteiger partial charge >= 0.3 is 0 Å². The van der Waals surface area contributed by atoms with Crippen LogP contribution in [-0.2, 0) is 0 Å². The molecule has 66 valence electrons. The summed E-state index contributed by atoms with van der Waals surface area (Å²) in [6.45, 7) is 0. The summed E-state index contributed by atoms with van der Waals surface area (Å²) in [7, 11) is 0. The van der Waals surface area contributed by atoms with E-state index in [0.29, 0.717) is 11.4 Å². The van der Waals surface area contributed by atoms with Crippen molar-refractivity contribution in [2.24, 2.45) is 0 Å². The van der Waals surface area contributed by atoms with E-state index in [1.807, 2.05) is 0 Å². The molecule has 1 rings (SSSR count). The number of hydrogen-bond acceptors (Lipinski definition) is 2. The molecule has 0 radical (unpaired) electrons. The summed E-state index contributed by atoms with van der Waals surface area (Å²) in [5.41, 5.74) is 0.965. The third-order valence-electron chi connectivity index (χ3n) is 1.15. The van der Waals surface area contributed by atoms with Crippen molar-refractivity contribution in [2.75, 3.05) is 0 Å². The minimum Gasteiger partial charge on any atom is -0.152 e. The molecule has 0 fully saturated rings. The van der Waals surface area contributed by atoms with E-state index in [4.69, 9.17) is 46.4 Å². The minimum absolute atomic E-state index is 0.482. The molecule has 0 N–H and O–H groups in total. The summed E-state index contributed by atoms with van der Waals surface area (Å²) >= 11 is 22.1. The molecule has 0 saturated heterocycles. The molecule has 0 aliphatic heterocycles. The Morgan fingerprint density at radius 2 is 1.17 bits per heavy atom. The van der Waals surface area contributed by atoms with Crippen LogP contribution in [0.4, 0.5) is 0 Å². The number of alkyl halides is 4. The van der Waals surface area contributed by atoms with Gasteiger partial charge in [0.1, 0.15) is 0 Å². The Balaban J connectivity index is 2.86. The molecule has 1 aromatic rings. The average molecular weight is 246 g/mol. The first-order valence-corrected chi connectivity index (χ1v) is 4.75. The summed E-state index contributed by atoms with van der Waals surface area (Å²) in [5.74, 6) is 0. The second-order valence-corrected chi connectivity index (χ2v) is 4.18. The summed E-state index contributed by atoms with van der Waals surface area (Å²) in [6.07, 6.45) is 0. The van der Waals surface area contributed by atoms with E-state index in [-0.39, 0.29) is 0 Å². The number of hydrogen-bond donors (Lipinski definition) is 0. The predicted molar refractivity (Wildman–Crippen MR) is 50.9 cm³/mol. The van der Waals surface area contributed by atoms with Gasteiger partial charge in [0.2, 0.25) is 0 Å². The van der Waals surface area contributed by atoms with Gasteiger partial charge in [-0.3, -0.25) is 0 Å². The average Bonchev–Trinajstić information content (AvgIpc) is 2.04. The van der Waals surface area contributed by atoms with Crippen molar-refractivity contribution in [2.45, 2.75) is 9.67 Å². The smallest absolute Gasteiger partial charge is 0.151 e. The summed E-state index contributed by atoms with van der Waals surface area (Å²) in [4.78, 5) is -1.34. The van der Waals surface area contributed by atoms with Crippen LogP contribution in [0, 0.1) is 0 Å². The Morgan fingerprint density at radius 1 is 0.833 bits per heavy atom. The number of nitrogens with zero attached hydrogens (tertiary/aromatic N) is 2. The first-order chi connectivity index (χ1) is 5.61. The van der Waals surface area contributed by atoms with Crippen molar-refractivity contribution in [3.05, 3.63) is 23.5 Å². The number of aromatic nitrogens is 2. The summed E-state index contributed by atoms with van der Waals surface area (Å²) < 4.78 is 0. The van der Waals surface area contributed by atoms with E-state index in [2.05, 4.69) is 10.2 Å². The first-order valence-electron chi connectivity index (χ1n) is 3.01. The van der Waals surface area contributed by atoms with Gasteiger partial charge in [-0.2, -0.15) is 10.2 Å². The van der Waals surface area contributed by atoms with Crippen LogP contribution in [0.25, 0.3) is 0 Å². The zero-order chi connectivity index (χ0) is 9.14. The lowest BCUT2D eigenvalue weighted by Gasteiger charge is -2.01. The molecular weight excluding hydrogens is 242 g/mol. The maximum atomic E-state index is 5.53. The Bertz CT molecular complexity index is 219. The molecule has 0 aromatic carbocycles. The van der Waals surface area contributed by atoms with Gasteiger partial charge in [0.15, 0.2) is 9.67 Å². The zero-order valence-electron chi connectivity index (χ0n) is 5.72. The fourth-order valence-electron chi connectivity index (χ4n) is 0.586. The van der Waals surface area contributed by atoms with Crippen molar-refractivity contribution in [3.63, 3.8) is 0 Å². The van der Waals surface area contributed by atoms with Crippen LogP contribution >= 0.6 is 46.4 Å². The highest BCUT2D eigenvalue weighted by molar-refractivity contribution is 6.44. The van der Waals surface area contributed by atoms with Gasteiger partial charge in [0.05, 0.1) is 11.4 Å². The molecule has 0 amide bonds. The molecule has 2 nitrogen and oxygen atoms in total. The molecule has 12 heavy (non-hydrogen) atoms. The molecule has 0 aliphatic rings. The summed E-state index contributed by atoms with van der Waals surface area (Å²) in [5, 5.41) is 7.43. The molecular formula is C6H4Cl4N2. The minimum atomic E-state index is -0.671. The predicted octanol–water partition coefficient (Wildman–Crippen LogP) is 3.43. The van der Waals surface area contributed by atoms with Crippen LogP contribution < -0.4 is 0 Å². The first kappa shape index (κ1) is 10.3. The van der Waals surface area contributed by atoms with Crippen LogP contribution in [0.2, 0.25) is 0 Å². The van der Waals surface area contributed by atoms with E-state index < -0.39 is 9.67 Å². The van der Waals surface area contributed by atoms with Crippen molar-refractivity contribution < 1.29 is 0 Å². The van der Waals surface area contributed by atoms with E-state index >= 15 is 0 Å². The number of halogens is 4. The van der Waals surface area contributed by atoms with Gasteiger partial charge in [-0.1, -0.05) is 46.4 Å². The summed E-state index contributed by atoms with van der Waals surface area (Å²) in [6, 6.07) is 3.26.